The van der Waals surface area contributed by atoms with Crippen LogP contribution in [0, 0.1) is 5.41 Å². The number of ether oxygens (including phenoxy) is 2. The van der Waals surface area contributed by atoms with Crippen LogP contribution in [0.4, 0.5) is 5.69 Å². The van der Waals surface area contributed by atoms with E-state index in [0.717, 1.165) is 57.1 Å². The first-order valence-electron chi connectivity index (χ1n) is 12.0. The van der Waals surface area contributed by atoms with E-state index in [0.29, 0.717) is 23.4 Å². The molecule has 0 aliphatic carbocycles. The zero-order chi connectivity index (χ0) is 23.1. The van der Waals surface area contributed by atoms with Crippen LogP contribution in [0.2, 0.25) is 0 Å². The van der Waals surface area contributed by atoms with Crippen LogP contribution >= 0.6 is 0 Å². The number of nitrogens with zero attached hydrogens (tertiary/aromatic N) is 3. The summed E-state index contributed by atoms with van der Waals surface area (Å²) >= 11 is 0. The fraction of sp³-hybridized carbons (Fsp3) is 0.538. The van der Waals surface area contributed by atoms with Crippen molar-refractivity contribution in [3.8, 4) is 11.5 Å². The number of para-hydroxylation sites is 1. The van der Waals surface area contributed by atoms with Gasteiger partial charge in [-0.25, -0.2) is 4.98 Å². The summed E-state index contributed by atoms with van der Waals surface area (Å²) in [6.45, 7) is 9.34. The molecule has 1 aromatic carbocycles. The van der Waals surface area contributed by atoms with Crippen molar-refractivity contribution in [1.29, 1.82) is 0 Å². The Balaban J connectivity index is 1.16. The molecular formula is C26H34N4O3. The van der Waals surface area contributed by atoms with Crippen molar-refractivity contribution >= 4 is 11.6 Å². The molecule has 2 fully saturated rings. The van der Waals surface area contributed by atoms with E-state index in [1.54, 1.807) is 18.3 Å². The molecule has 0 radical (unpaired) electrons. The summed E-state index contributed by atoms with van der Waals surface area (Å²) in [4.78, 5) is 21.5. The number of carbonyl (C=O) groups is 1. The molecule has 3 aliphatic heterocycles. The third-order valence-electron chi connectivity index (χ3n) is 7.44. The Hall–Kier alpha value is -2.80. The van der Waals surface area contributed by atoms with Gasteiger partial charge in [0.2, 0.25) is 0 Å². The number of pyridine rings is 1. The molecule has 0 bridgehead atoms. The molecule has 7 heteroatoms. The third-order valence-corrected chi connectivity index (χ3v) is 7.44. The molecule has 2 saturated heterocycles. The summed E-state index contributed by atoms with van der Waals surface area (Å²) in [5, 5.41) is 0. The van der Waals surface area contributed by atoms with Crippen molar-refractivity contribution in [3.05, 3.63) is 47.8 Å². The van der Waals surface area contributed by atoms with E-state index >= 15 is 0 Å². The second kappa shape index (κ2) is 8.52. The molecule has 3 aliphatic rings. The predicted molar refractivity (Wildman–Crippen MR) is 127 cm³/mol. The van der Waals surface area contributed by atoms with Crippen molar-refractivity contribution in [2.75, 3.05) is 38.5 Å². The number of nitrogens with two attached hydrogens (primary N) is 1. The first-order chi connectivity index (χ1) is 15.8. The van der Waals surface area contributed by atoms with Gasteiger partial charge in [0.25, 0.3) is 5.91 Å². The van der Waals surface area contributed by atoms with Gasteiger partial charge < -0.3 is 20.1 Å². The molecular weight excluding hydrogens is 416 g/mol. The van der Waals surface area contributed by atoms with Gasteiger partial charge in [0.15, 0.2) is 11.5 Å². The maximum absolute atomic E-state index is 12.8. The van der Waals surface area contributed by atoms with Gasteiger partial charge in [-0.2, -0.15) is 0 Å². The number of likely N-dealkylation sites (tertiary alicyclic amines) is 2. The van der Waals surface area contributed by atoms with Crippen LogP contribution < -0.4 is 15.2 Å². The van der Waals surface area contributed by atoms with E-state index in [-0.39, 0.29) is 11.5 Å². The minimum atomic E-state index is -0.303. The number of hydrogen-bond acceptors (Lipinski definition) is 6. The van der Waals surface area contributed by atoms with Crippen molar-refractivity contribution in [2.24, 2.45) is 5.41 Å². The lowest BCUT2D eigenvalue weighted by atomic mass is 9.71. The van der Waals surface area contributed by atoms with Gasteiger partial charge in [0.05, 0.1) is 11.9 Å². The highest BCUT2D eigenvalue weighted by atomic mass is 16.6. The Labute approximate surface area is 195 Å². The number of piperidine rings is 2. The standard InChI is InChI=1S/C26H34N4O3/c1-25(2)18-32-22-5-3-4-19(23(22)33-25)17-29-12-8-26(9-13-29)10-14-30(15-11-26)24(31)21-7-6-20(27)16-28-21/h3-7,16H,8-15,17-18,27H2,1-2H3. The molecule has 2 N–H and O–H groups in total. The van der Waals surface area contributed by atoms with Crippen molar-refractivity contribution in [3.63, 3.8) is 0 Å². The van der Waals surface area contributed by atoms with E-state index in [4.69, 9.17) is 15.2 Å². The lowest BCUT2D eigenvalue weighted by Crippen LogP contribution is -2.48. The Bertz CT molecular complexity index is 1000. The molecule has 1 aromatic heterocycles. The number of amides is 1. The minimum absolute atomic E-state index is 0.0151. The van der Waals surface area contributed by atoms with Crippen molar-refractivity contribution in [2.45, 2.75) is 51.7 Å². The zero-order valence-electron chi connectivity index (χ0n) is 19.7. The maximum Gasteiger partial charge on any atom is 0.272 e. The smallest absolute Gasteiger partial charge is 0.272 e. The number of carbonyl (C=O) groups excluding carboxylic acids is 1. The number of anilines is 1. The number of hydrogen-bond donors (Lipinski definition) is 1. The zero-order valence-corrected chi connectivity index (χ0v) is 19.7. The van der Waals surface area contributed by atoms with E-state index in [1.165, 1.54) is 18.4 Å². The molecule has 7 nitrogen and oxygen atoms in total. The molecule has 5 rings (SSSR count). The topological polar surface area (TPSA) is 80.9 Å². The third kappa shape index (κ3) is 4.64. The van der Waals surface area contributed by atoms with Gasteiger partial charge in [-0.1, -0.05) is 12.1 Å². The van der Waals surface area contributed by atoms with Crippen LogP contribution in [-0.2, 0) is 6.54 Å². The lowest BCUT2D eigenvalue weighted by Gasteiger charge is -2.47. The average Bonchev–Trinajstić information content (AvgIpc) is 2.81. The monoisotopic (exact) mass is 450 g/mol. The molecule has 33 heavy (non-hydrogen) atoms. The summed E-state index contributed by atoms with van der Waals surface area (Å²) in [7, 11) is 0. The molecule has 0 unspecified atom stereocenters. The van der Waals surface area contributed by atoms with E-state index < -0.39 is 0 Å². The fourth-order valence-electron chi connectivity index (χ4n) is 5.28. The Morgan fingerprint density at radius 1 is 1.06 bits per heavy atom. The van der Waals surface area contributed by atoms with Gasteiger partial charge in [-0.05, 0) is 76.2 Å². The molecule has 4 heterocycles. The first kappa shape index (κ1) is 22.0. The lowest BCUT2D eigenvalue weighted by molar-refractivity contribution is 0.0162. The van der Waals surface area contributed by atoms with Crippen LogP contribution in [-0.4, -0.2) is 59.1 Å². The van der Waals surface area contributed by atoms with Crippen LogP contribution in [0.3, 0.4) is 0 Å². The second-order valence-electron chi connectivity index (χ2n) is 10.4. The molecule has 2 aromatic rings. The van der Waals surface area contributed by atoms with Crippen molar-refractivity contribution in [1.82, 2.24) is 14.8 Å². The minimum Gasteiger partial charge on any atom is -0.486 e. The largest absolute Gasteiger partial charge is 0.486 e. The number of benzene rings is 1. The van der Waals surface area contributed by atoms with Gasteiger partial charge in [0.1, 0.15) is 17.9 Å². The Morgan fingerprint density at radius 2 is 1.79 bits per heavy atom. The normalized spacial score (nSPS) is 21.7. The quantitative estimate of drug-likeness (QED) is 0.767. The van der Waals surface area contributed by atoms with Crippen LogP contribution in [0.25, 0.3) is 0 Å². The molecule has 1 spiro atoms. The summed E-state index contributed by atoms with van der Waals surface area (Å²) in [5.41, 5.74) is 8.00. The fourth-order valence-corrected chi connectivity index (χ4v) is 5.28. The van der Waals surface area contributed by atoms with Crippen LogP contribution in [0.15, 0.2) is 36.5 Å². The van der Waals surface area contributed by atoms with Gasteiger partial charge in [-0.15, -0.1) is 0 Å². The Kier molecular flexibility index (Phi) is 5.69. The highest BCUT2D eigenvalue weighted by molar-refractivity contribution is 5.92. The number of nitrogen functional groups attached to an aromatic ring is 1. The second-order valence-corrected chi connectivity index (χ2v) is 10.4. The van der Waals surface area contributed by atoms with Crippen molar-refractivity contribution < 1.29 is 14.3 Å². The van der Waals surface area contributed by atoms with Crippen LogP contribution in [0.5, 0.6) is 11.5 Å². The highest BCUT2D eigenvalue weighted by Gasteiger charge is 2.39. The molecule has 1 amide bonds. The van der Waals surface area contributed by atoms with E-state index in [1.807, 2.05) is 11.0 Å². The van der Waals surface area contributed by atoms with E-state index in [9.17, 15) is 4.79 Å². The Morgan fingerprint density at radius 3 is 2.48 bits per heavy atom. The molecule has 176 valence electrons. The molecule has 0 atom stereocenters. The summed E-state index contributed by atoms with van der Waals surface area (Å²) in [5.74, 6) is 1.77. The van der Waals surface area contributed by atoms with E-state index in [2.05, 4.69) is 35.9 Å². The SMILES string of the molecule is CC1(C)COc2cccc(CN3CCC4(CC3)CCN(C(=O)c3ccc(N)cn3)CC4)c2O1. The first-order valence-corrected chi connectivity index (χ1v) is 12.0. The van der Waals surface area contributed by atoms with Gasteiger partial charge in [-0.3, -0.25) is 9.69 Å². The predicted octanol–water partition coefficient (Wildman–Crippen LogP) is 3.73. The average molecular weight is 451 g/mol. The number of fused-ring (bicyclic) bond motifs is 1. The van der Waals surface area contributed by atoms with Crippen LogP contribution in [0.1, 0.15) is 55.6 Å². The number of aromatic nitrogens is 1. The highest BCUT2D eigenvalue weighted by Crippen LogP contribution is 2.43. The summed E-state index contributed by atoms with van der Waals surface area (Å²) in [6, 6.07) is 9.67. The van der Waals surface area contributed by atoms with Gasteiger partial charge >= 0.3 is 0 Å². The molecule has 0 saturated carbocycles. The maximum atomic E-state index is 12.8. The number of rotatable bonds is 3. The summed E-state index contributed by atoms with van der Waals surface area (Å²) < 4.78 is 12.2. The summed E-state index contributed by atoms with van der Waals surface area (Å²) in [6.07, 6.45) is 6.03. The van der Waals surface area contributed by atoms with Gasteiger partial charge in [0, 0.05) is 25.2 Å².